The number of aromatic amines is 1. The maximum atomic E-state index is 13.0. The highest BCUT2D eigenvalue weighted by atomic mass is 19.4. The van der Waals surface area contributed by atoms with E-state index < -0.39 is 24.0 Å². The fourth-order valence-electron chi connectivity index (χ4n) is 3.41. The molecule has 0 saturated heterocycles. The van der Waals surface area contributed by atoms with Gasteiger partial charge in [-0.25, -0.2) is 14.4 Å². The van der Waals surface area contributed by atoms with E-state index >= 15 is 0 Å². The number of rotatable bonds is 6. The van der Waals surface area contributed by atoms with E-state index in [4.69, 9.17) is 0 Å². The van der Waals surface area contributed by atoms with Crippen LogP contribution in [0.1, 0.15) is 30.3 Å². The fraction of sp³-hybridized carbons (Fsp3) is 0.300. The summed E-state index contributed by atoms with van der Waals surface area (Å²) in [6.07, 6.45) is -0.556. The molecule has 162 valence electrons. The number of imidazole rings is 1. The van der Waals surface area contributed by atoms with Crippen molar-refractivity contribution in [3.05, 3.63) is 64.0 Å². The third-order valence-corrected chi connectivity index (χ3v) is 4.73. The first kappa shape index (κ1) is 20.8. The molecular weight excluding hydrogens is 416 g/mol. The minimum atomic E-state index is -4.42. The summed E-state index contributed by atoms with van der Waals surface area (Å²) in [5.41, 5.74) is 0.166. The first-order chi connectivity index (χ1) is 14.8. The van der Waals surface area contributed by atoms with Crippen molar-refractivity contribution < 1.29 is 17.6 Å². The van der Waals surface area contributed by atoms with Crippen LogP contribution in [0.5, 0.6) is 0 Å². The van der Waals surface area contributed by atoms with Crippen LogP contribution in [0.15, 0.2) is 41.5 Å². The average molecular weight is 434 g/mol. The average Bonchev–Trinajstić information content (AvgIpc) is 3.32. The second-order valence-electron chi connectivity index (χ2n) is 7.03. The van der Waals surface area contributed by atoms with E-state index in [0.29, 0.717) is 29.9 Å². The summed E-state index contributed by atoms with van der Waals surface area (Å²) < 4.78 is 55.0. The van der Waals surface area contributed by atoms with Gasteiger partial charge in [-0.3, -0.25) is 9.48 Å². The molecule has 1 aromatic carbocycles. The molecule has 4 rings (SSSR count). The van der Waals surface area contributed by atoms with E-state index in [1.54, 1.807) is 16.8 Å². The summed E-state index contributed by atoms with van der Waals surface area (Å²) in [5, 5.41) is 4.22. The Bertz CT molecular complexity index is 1290. The van der Waals surface area contributed by atoms with Crippen LogP contribution in [0.4, 0.5) is 17.6 Å². The number of benzene rings is 1. The van der Waals surface area contributed by atoms with Crippen LogP contribution in [0.2, 0.25) is 0 Å². The third-order valence-electron chi connectivity index (χ3n) is 4.73. The standard InChI is InChI=1S/C20H18F4N6O/c1-2-6-30-16-17(26-15(8-21)27-19(16)31)28-18(30)13-9-25-29(11-13)10-12-4-3-5-14(7-12)20(22,23)24/h3-5,7,9,11H,2,6,8,10H2,1H3,(H,26,27,31). The molecule has 0 unspecified atom stereocenters. The van der Waals surface area contributed by atoms with Crippen LogP contribution < -0.4 is 5.56 Å². The molecular formula is C20H18F4N6O. The quantitative estimate of drug-likeness (QED) is 0.467. The molecule has 1 N–H and O–H groups in total. The lowest BCUT2D eigenvalue weighted by Gasteiger charge is -2.08. The van der Waals surface area contributed by atoms with Crippen molar-refractivity contribution in [1.29, 1.82) is 0 Å². The molecule has 0 amide bonds. The molecule has 0 radical (unpaired) electrons. The van der Waals surface area contributed by atoms with E-state index in [9.17, 15) is 22.4 Å². The molecule has 11 heteroatoms. The van der Waals surface area contributed by atoms with Crippen molar-refractivity contribution in [2.75, 3.05) is 0 Å². The van der Waals surface area contributed by atoms with Gasteiger partial charge in [0.2, 0.25) is 0 Å². The normalized spacial score (nSPS) is 12.0. The highest BCUT2D eigenvalue weighted by Gasteiger charge is 2.30. The summed E-state index contributed by atoms with van der Waals surface area (Å²) >= 11 is 0. The van der Waals surface area contributed by atoms with Gasteiger partial charge >= 0.3 is 6.18 Å². The highest BCUT2D eigenvalue weighted by molar-refractivity contribution is 5.76. The molecule has 3 aromatic heterocycles. The van der Waals surface area contributed by atoms with E-state index in [-0.39, 0.29) is 23.5 Å². The second-order valence-corrected chi connectivity index (χ2v) is 7.03. The van der Waals surface area contributed by atoms with Crippen LogP contribution in [-0.4, -0.2) is 29.3 Å². The lowest BCUT2D eigenvalue weighted by Crippen LogP contribution is -2.15. The molecule has 0 spiro atoms. The van der Waals surface area contributed by atoms with Crippen LogP contribution in [0.3, 0.4) is 0 Å². The predicted molar refractivity (Wildman–Crippen MR) is 105 cm³/mol. The molecule has 0 atom stereocenters. The van der Waals surface area contributed by atoms with Crippen molar-refractivity contribution in [3.63, 3.8) is 0 Å². The lowest BCUT2D eigenvalue weighted by atomic mass is 10.1. The Morgan fingerprint density at radius 3 is 2.71 bits per heavy atom. The largest absolute Gasteiger partial charge is 0.416 e. The number of H-pyrrole nitrogens is 1. The summed E-state index contributed by atoms with van der Waals surface area (Å²) in [4.78, 5) is 23.3. The maximum Gasteiger partial charge on any atom is 0.416 e. The molecule has 7 nitrogen and oxygen atoms in total. The zero-order chi connectivity index (χ0) is 22.2. The zero-order valence-corrected chi connectivity index (χ0v) is 16.4. The molecule has 4 aromatic rings. The van der Waals surface area contributed by atoms with Crippen LogP contribution in [0, 0.1) is 0 Å². The Morgan fingerprint density at radius 1 is 1.19 bits per heavy atom. The van der Waals surface area contributed by atoms with Gasteiger partial charge in [0.05, 0.1) is 23.9 Å². The summed E-state index contributed by atoms with van der Waals surface area (Å²) in [5.74, 6) is 0.326. The number of fused-ring (bicyclic) bond motifs is 1. The monoisotopic (exact) mass is 434 g/mol. The highest BCUT2D eigenvalue weighted by Crippen LogP contribution is 2.30. The lowest BCUT2D eigenvalue weighted by molar-refractivity contribution is -0.137. The number of hydrogen-bond acceptors (Lipinski definition) is 4. The third kappa shape index (κ3) is 4.07. The van der Waals surface area contributed by atoms with Crippen molar-refractivity contribution >= 4 is 11.2 Å². The number of aryl methyl sites for hydroxylation is 1. The van der Waals surface area contributed by atoms with E-state index in [0.717, 1.165) is 12.1 Å². The number of aromatic nitrogens is 6. The Labute approximate surface area is 173 Å². The molecule has 0 aliphatic carbocycles. The number of halogens is 4. The molecule has 31 heavy (non-hydrogen) atoms. The topological polar surface area (TPSA) is 81.4 Å². The first-order valence-electron chi connectivity index (χ1n) is 9.54. The maximum absolute atomic E-state index is 13.0. The Hall–Kier alpha value is -3.50. The Balaban J connectivity index is 1.71. The molecule has 0 saturated carbocycles. The predicted octanol–water partition coefficient (Wildman–Crippen LogP) is 3.93. The number of hydrogen-bond donors (Lipinski definition) is 1. The van der Waals surface area contributed by atoms with E-state index in [1.165, 1.54) is 16.9 Å². The molecule has 0 aliphatic rings. The van der Waals surface area contributed by atoms with Gasteiger partial charge in [-0.15, -0.1) is 0 Å². The SMILES string of the molecule is CCCn1c(-c2cnn(Cc3cccc(C(F)(F)F)c3)c2)nc2nc(CF)[nH]c(=O)c21. The van der Waals surface area contributed by atoms with Crippen molar-refractivity contribution in [3.8, 4) is 11.4 Å². The summed E-state index contributed by atoms with van der Waals surface area (Å²) in [6.45, 7) is 1.62. The molecule has 0 bridgehead atoms. The summed E-state index contributed by atoms with van der Waals surface area (Å²) in [7, 11) is 0. The van der Waals surface area contributed by atoms with Gasteiger partial charge < -0.3 is 9.55 Å². The number of nitrogens with one attached hydrogen (secondary N) is 1. The zero-order valence-electron chi connectivity index (χ0n) is 16.4. The van der Waals surface area contributed by atoms with Gasteiger partial charge in [-0.1, -0.05) is 19.1 Å². The number of nitrogens with zero attached hydrogens (tertiary/aromatic N) is 5. The minimum Gasteiger partial charge on any atom is -0.318 e. The minimum absolute atomic E-state index is 0.106. The van der Waals surface area contributed by atoms with Gasteiger partial charge in [0.1, 0.15) is 18.3 Å². The van der Waals surface area contributed by atoms with Gasteiger partial charge in [0.15, 0.2) is 11.2 Å². The van der Waals surface area contributed by atoms with Gasteiger partial charge in [-0.05, 0) is 24.1 Å². The van der Waals surface area contributed by atoms with Gasteiger partial charge in [-0.2, -0.15) is 18.3 Å². The van der Waals surface area contributed by atoms with Gasteiger partial charge in [0.25, 0.3) is 5.56 Å². The van der Waals surface area contributed by atoms with Crippen molar-refractivity contribution in [2.24, 2.45) is 0 Å². The first-order valence-corrected chi connectivity index (χ1v) is 9.54. The van der Waals surface area contributed by atoms with Crippen LogP contribution in [0.25, 0.3) is 22.6 Å². The fourth-order valence-corrected chi connectivity index (χ4v) is 3.41. The van der Waals surface area contributed by atoms with Crippen molar-refractivity contribution in [2.45, 2.75) is 39.3 Å². The van der Waals surface area contributed by atoms with Gasteiger partial charge in [0, 0.05) is 12.7 Å². The van der Waals surface area contributed by atoms with Crippen LogP contribution in [-0.2, 0) is 25.9 Å². The van der Waals surface area contributed by atoms with Crippen molar-refractivity contribution in [1.82, 2.24) is 29.3 Å². The van der Waals surface area contributed by atoms with E-state index in [1.807, 2.05) is 6.92 Å². The second kappa shape index (κ2) is 7.97. The molecule has 0 fully saturated rings. The van der Waals surface area contributed by atoms with E-state index in [2.05, 4.69) is 20.1 Å². The number of alkyl halides is 4. The Kier molecular flexibility index (Phi) is 5.34. The smallest absolute Gasteiger partial charge is 0.318 e. The molecule has 0 aliphatic heterocycles. The van der Waals surface area contributed by atoms with Crippen LogP contribution >= 0.6 is 0 Å². The molecule has 3 heterocycles. The summed E-state index contributed by atoms with van der Waals surface area (Å²) in [6, 6.07) is 5.03. The Morgan fingerprint density at radius 2 is 2.00 bits per heavy atom.